The molecule has 2 aliphatic rings. The maximum absolute atomic E-state index is 13.6. The Kier molecular flexibility index (Phi) is 277. The molecule has 2 atom stereocenters. The number of ketones is 4. The van der Waals surface area contributed by atoms with Crippen LogP contribution in [0.5, 0.6) is 0 Å². The van der Waals surface area contributed by atoms with Crippen molar-refractivity contribution in [3.63, 3.8) is 0 Å². The molecule has 0 aromatic carbocycles. The van der Waals surface area contributed by atoms with Crippen molar-refractivity contribution in [3.8, 4) is 0 Å². The van der Waals surface area contributed by atoms with E-state index in [1.54, 1.807) is 13.8 Å². The third-order valence-electron chi connectivity index (χ3n) is 10.4. The third-order valence-corrected chi connectivity index (χ3v) is 10.4. The molecule has 1 aliphatic carbocycles. The summed E-state index contributed by atoms with van der Waals surface area (Å²) in [7, 11) is 2.10. The summed E-state index contributed by atoms with van der Waals surface area (Å²) in [5, 5.41) is 93.4. The van der Waals surface area contributed by atoms with Gasteiger partial charge in [-0.1, -0.05) is 20.8 Å². The zero-order valence-corrected chi connectivity index (χ0v) is 74.0. The fourth-order valence-corrected chi connectivity index (χ4v) is 6.79. The van der Waals surface area contributed by atoms with Crippen LogP contribution in [0, 0.1) is 35.0 Å². The van der Waals surface area contributed by atoms with Gasteiger partial charge in [0.15, 0.2) is 0 Å². The van der Waals surface area contributed by atoms with Crippen LogP contribution in [0.15, 0.2) is 328 Å². The Morgan fingerprint density at radius 2 is 0.648 bits per heavy atom. The van der Waals surface area contributed by atoms with Gasteiger partial charge in [0.2, 0.25) is 0 Å². The zero-order chi connectivity index (χ0) is 102. The van der Waals surface area contributed by atoms with Crippen LogP contribution < -0.4 is 0 Å². The highest BCUT2D eigenvalue weighted by Gasteiger charge is 2.39. The summed E-state index contributed by atoms with van der Waals surface area (Å²) >= 11 is 0. The summed E-state index contributed by atoms with van der Waals surface area (Å²) in [5.41, 5.74) is -1.89. The van der Waals surface area contributed by atoms with E-state index in [9.17, 15) is 38.4 Å². The first kappa shape index (κ1) is 174. The number of amides is 2. The molecule has 0 radical (unpaired) electrons. The van der Waals surface area contributed by atoms with Gasteiger partial charge in [-0.15, -0.1) is 316 Å². The largest absolute Gasteiger partial charge is 0.481 e. The van der Waals surface area contributed by atoms with Gasteiger partial charge >= 0.3 is 11.9 Å². The third kappa shape index (κ3) is 144. The van der Waals surface area contributed by atoms with E-state index < -0.39 is 86.3 Å². The molecule has 0 aromatic heterocycles. The Morgan fingerprint density at radius 3 is 0.918 bits per heavy atom. The average Bonchev–Trinajstić information content (AvgIpc) is 1.46. The number of esters is 1. The quantitative estimate of drug-likeness (QED) is 0.0148. The number of ether oxygens (including phenoxy) is 1. The van der Waals surface area contributed by atoms with Gasteiger partial charge in [-0.05, 0) is 155 Å². The van der Waals surface area contributed by atoms with Gasteiger partial charge in [-0.3, -0.25) is 43.3 Å². The lowest BCUT2D eigenvalue weighted by atomic mass is 9.75. The minimum Gasteiger partial charge on any atom is -0.481 e. The highest BCUT2D eigenvalue weighted by atomic mass is 18.0. The van der Waals surface area contributed by atoms with Gasteiger partial charge < -0.3 is 9.84 Å². The van der Waals surface area contributed by atoms with Gasteiger partial charge in [0.25, 0.3) is 11.8 Å². The molecule has 1 heterocycles. The maximum Gasteiger partial charge on any atom is 0.305 e. The van der Waals surface area contributed by atoms with Crippen molar-refractivity contribution in [1.82, 2.24) is 4.90 Å². The number of hydrogen-bond donors (Lipinski definition) is 1. The molecule has 2 rings (SSSR count). The number of rotatable bonds is 49. The minimum absolute atomic E-state index is 0.0350. The number of imide groups is 1. The van der Waals surface area contributed by atoms with Crippen LogP contribution in [0.2, 0.25) is 0 Å². The Balaban J connectivity index is -0.0000000831. The number of carboxylic acids is 1. The van der Waals surface area contributed by atoms with Crippen LogP contribution in [0.3, 0.4) is 0 Å². The molecule has 712 valence electrons. The van der Waals surface area contributed by atoms with Gasteiger partial charge in [0, 0.05) is 81.4 Å². The molecular formula is C85H151NO36. The van der Waals surface area contributed by atoms with E-state index in [0.29, 0.717) is 25.7 Å². The van der Waals surface area contributed by atoms with Crippen LogP contribution in [0.25, 0.3) is 0 Å². The van der Waals surface area contributed by atoms with Crippen LogP contribution in [-0.2, 0) is 173 Å². The first-order chi connectivity index (χ1) is 59.6. The number of carbonyl (C=O) groups excluding carboxylic acids is 7. The smallest absolute Gasteiger partial charge is 0.305 e. The molecule has 0 aromatic rings. The standard InChI is InChI=1S/C37H55NO36.24C2H4/c1-24(2)29(18-31(41)27-11-9-26(10-12-27)20-38-33(43)15-16-34(38)44)32(42)17-25(3)30(40)14-13-28(39)19-37(21-50-36(47)8-6-7-35(45)46,22-51-55-59-63-67-71-73-69-65-61-57-53-48-4)23-52-56-60-64-68-72-74-70-66-62-58-54-49-5;24*1-2/h15-16,24-27,29H,6-14,17-23H2,1-5H3,(H,45,46);24*1-2H2. The van der Waals surface area contributed by atoms with E-state index >= 15 is 0 Å². The summed E-state index contributed by atoms with van der Waals surface area (Å²) in [6.07, 6.45) is 2.05. The molecule has 0 spiro atoms. The summed E-state index contributed by atoms with van der Waals surface area (Å²) in [5.74, 6) is -6.54. The van der Waals surface area contributed by atoms with Gasteiger partial charge in [-0.25, -0.2) is 19.6 Å². The lowest BCUT2D eigenvalue weighted by molar-refractivity contribution is -0.870. The molecule has 122 heavy (non-hydrogen) atoms. The second-order valence-corrected chi connectivity index (χ2v) is 15.9. The highest BCUT2D eigenvalue weighted by molar-refractivity contribution is 6.12. The molecule has 0 saturated heterocycles. The molecular weight excluding hydrogens is 1610 g/mol. The van der Waals surface area contributed by atoms with E-state index in [2.05, 4.69) is 436 Å². The zero-order valence-electron chi connectivity index (χ0n) is 74.0. The summed E-state index contributed by atoms with van der Waals surface area (Å²) in [6.45, 7) is 147. The molecule has 37 nitrogen and oxygen atoms in total. The van der Waals surface area contributed by atoms with Gasteiger partial charge in [0.1, 0.15) is 29.7 Å². The molecule has 1 aliphatic heterocycles. The molecule has 2 unspecified atom stereocenters. The van der Waals surface area contributed by atoms with Crippen molar-refractivity contribution < 1.29 is 179 Å². The molecule has 0 bridgehead atoms. The van der Waals surface area contributed by atoms with E-state index in [0.717, 1.165) is 14.2 Å². The Morgan fingerprint density at radius 1 is 0.369 bits per heavy atom. The SMILES string of the molecule is C=C.C=C.C=C.C=C.C=C.C=C.C=C.C=C.C=C.C=C.C=C.C=C.C=C.C=C.C=C.C=C.C=C.C=C.C=C.C=C.C=C.C=C.C=C.C=C.COOOOOOOOOOOOOCC(COOOOOOOOOOOOOC)(COC(=O)CCCC(=O)O)CC(=O)CCC(=O)C(C)CC(=O)C(CC(=O)C1CCC(CN2C(=O)C=CC2=O)CC1)C(C)C. The predicted molar refractivity (Wildman–Crippen MR) is 477 cm³/mol. The first-order valence-electron chi connectivity index (χ1n) is 33.6. The molecule has 2 amide bonds. The molecule has 37 heteroatoms. The number of nitrogens with zero attached hydrogens (tertiary/aromatic N) is 1. The number of aliphatic carboxylic acids is 1. The monoisotopic (exact) mass is 1760 g/mol. The Bertz CT molecular complexity index is 1970. The minimum atomic E-state index is -1.89. The number of carboxylic acid groups (broad SMARTS) is 1. The highest BCUT2D eigenvalue weighted by Crippen LogP contribution is 2.34. The number of hydrogen-bond acceptors (Lipinski definition) is 35. The van der Waals surface area contributed by atoms with Crippen molar-refractivity contribution in [2.45, 2.75) is 97.8 Å². The Labute approximate surface area is 728 Å². The molecule has 1 N–H and O–H groups in total. The van der Waals surface area contributed by atoms with Crippen LogP contribution in [-0.4, -0.2) is 97.5 Å². The number of carbonyl (C=O) groups is 8. The Hall–Kier alpha value is -10.8. The normalized spacial score (nSPS) is 11.0. The second kappa shape index (κ2) is 194. The molecule has 1 fully saturated rings. The van der Waals surface area contributed by atoms with Crippen LogP contribution in [0.1, 0.15) is 97.8 Å². The fourth-order valence-electron chi connectivity index (χ4n) is 6.79. The van der Waals surface area contributed by atoms with E-state index in [1.807, 2.05) is 0 Å². The predicted octanol–water partition coefficient (Wildman–Crippen LogP) is 21.5. The summed E-state index contributed by atoms with van der Waals surface area (Å²) < 4.78 is 5.27. The van der Waals surface area contributed by atoms with E-state index in [1.165, 1.54) is 24.0 Å². The van der Waals surface area contributed by atoms with Crippen molar-refractivity contribution in [2.24, 2.45) is 35.0 Å². The maximum atomic E-state index is 13.6. The fraction of sp³-hybridized carbons (Fsp3) is 0.318. The molecule has 1 saturated carbocycles. The van der Waals surface area contributed by atoms with Crippen molar-refractivity contribution in [2.75, 3.05) is 40.6 Å². The first-order valence-corrected chi connectivity index (χ1v) is 33.6. The second-order valence-electron chi connectivity index (χ2n) is 15.9. The average molecular weight is 1760 g/mol. The van der Waals surface area contributed by atoms with Gasteiger partial charge in [-0.2, -0.15) is 0 Å². The topological polar surface area (TPSA) is 409 Å². The van der Waals surface area contributed by atoms with Crippen molar-refractivity contribution in [3.05, 3.63) is 328 Å². The van der Waals surface area contributed by atoms with Crippen molar-refractivity contribution >= 4 is 46.9 Å². The van der Waals surface area contributed by atoms with Gasteiger partial charge in [0.05, 0.1) is 32.8 Å². The summed E-state index contributed by atoms with van der Waals surface area (Å²) in [6, 6.07) is 0. The van der Waals surface area contributed by atoms with E-state index in [-0.39, 0.29) is 73.4 Å². The van der Waals surface area contributed by atoms with Crippen molar-refractivity contribution in [1.29, 1.82) is 0 Å². The lowest BCUT2D eigenvalue weighted by Crippen LogP contribution is -2.40. The van der Waals surface area contributed by atoms with Crippen LogP contribution in [0.4, 0.5) is 0 Å². The number of Topliss-reactive ketones (excluding diaryl/α,β-unsaturated/α-hetero) is 4. The van der Waals surface area contributed by atoms with Crippen LogP contribution >= 0.6 is 0 Å². The lowest BCUT2D eigenvalue weighted by Gasteiger charge is -2.31. The van der Waals surface area contributed by atoms with E-state index in [4.69, 9.17) is 19.6 Å². The summed E-state index contributed by atoms with van der Waals surface area (Å²) in [4.78, 5) is 120.